The Labute approximate surface area is 89.5 Å². The fraction of sp³-hybridized carbons (Fsp3) is 0.455. The molecule has 0 N–H and O–H groups in total. The summed E-state index contributed by atoms with van der Waals surface area (Å²) in [4.78, 5) is 2.76. The van der Waals surface area contributed by atoms with Crippen molar-refractivity contribution in [1.82, 2.24) is 0 Å². The largest absolute Gasteiger partial charge is 0.130 e. The third-order valence-electron chi connectivity index (χ3n) is 1.74. The summed E-state index contributed by atoms with van der Waals surface area (Å²) in [5, 5.41) is 0.666. The van der Waals surface area contributed by atoms with Gasteiger partial charge in [0.1, 0.15) is 0 Å². The number of aryl methyl sites for hydroxylation is 1. The van der Waals surface area contributed by atoms with E-state index >= 15 is 0 Å². The minimum Gasteiger partial charge on any atom is -0.130 e. The molecule has 0 saturated carbocycles. The molecule has 0 radical (unpaired) electrons. The molecule has 0 aliphatic carbocycles. The van der Waals surface area contributed by atoms with Gasteiger partial charge in [-0.05, 0) is 36.9 Å². The molecule has 0 aliphatic rings. The molecule has 0 spiro atoms. The van der Waals surface area contributed by atoms with Gasteiger partial charge in [-0.25, -0.2) is 0 Å². The van der Waals surface area contributed by atoms with Crippen molar-refractivity contribution in [3.63, 3.8) is 0 Å². The molecule has 0 aliphatic heterocycles. The second-order valence-electron chi connectivity index (χ2n) is 3.30. The van der Waals surface area contributed by atoms with Crippen molar-refractivity contribution in [2.24, 2.45) is 0 Å². The molecule has 0 unspecified atom stereocenters. The Morgan fingerprint density at radius 2 is 1.92 bits per heavy atom. The normalized spacial score (nSPS) is 10.8. The van der Waals surface area contributed by atoms with E-state index in [0.29, 0.717) is 5.25 Å². The van der Waals surface area contributed by atoms with Gasteiger partial charge in [0.05, 0.1) is 0 Å². The molecule has 1 rings (SSSR count). The Morgan fingerprint density at radius 1 is 1.23 bits per heavy atom. The second-order valence-corrected chi connectivity index (χ2v) is 5.80. The van der Waals surface area contributed by atoms with E-state index < -0.39 is 0 Å². The summed E-state index contributed by atoms with van der Waals surface area (Å²) in [5.41, 5.74) is 1.39. The molecule has 13 heavy (non-hydrogen) atoms. The van der Waals surface area contributed by atoms with Crippen LogP contribution in [0.1, 0.15) is 19.4 Å². The minimum atomic E-state index is 0.666. The topological polar surface area (TPSA) is 0 Å². The number of hydrogen-bond donors (Lipinski definition) is 0. The molecule has 0 saturated heterocycles. The average Bonchev–Trinajstić information content (AvgIpc) is 2.08. The van der Waals surface area contributed by atoms with Crippen LogP contribution in [0.2, 0.25) is 0 Å². The fourth-order valence-corrected chi connectivity index (χ4v) is 2.53. The van der Waals surface area contributed by atoms with Crippen LogP contribution in [0.5, 0.6) is 0 Å². The summed E-state index contributed by atoms with van der Waals surface area (Å²) in [5.74, 6) is 0. The van der Waals surface area contributed by atoms with E-state index in [1.165, 1.54) is 15.4 Å². The molecule has 0 fully saturated rings. The van der Waals surface area contributed by atoms with Gasteiger partial charge in [-0.3, -0.25) is 0 Å². The Bertz CT molecular complexity index is 279. The van der Waals surface area contributed by atoms with Gasteiger partial charge in [-0.15, -0.1) is 23.5 Å². The molecule has 0 aromatic heterocycles. The Hall–Kier alpha value is -0.0800. The van der Waals surface area contributed by atoms with E-state index in [1.807, 2.05) is 11.8 Å². The highest BCUT2D eigenvalue weighted by Gasteiger charge is 2.02. The van der Waals surface area contributed by atoms with Gasteiger partial charge in [0.25, 0.3) is 0 Å². The zero-order valence-electron chi connectivity index (χ0n) is 8.63. The molecule has 2 heteroatoms. The molecular formula is C11H16S2. The monoisotopic (exact) mass is 212 g/mol. The van der Waals surface area contributed by atoms with Crippen LogP contribution in [-0.4, -0.2) is 11.5 Å². The van der Waals surface area contributed by atoms with E-state index in [9.17, 15) is 0 Å². The van der Waals surface area contributed by atoms with Crippen molar-refractivity contribution in [1.29, 1.82) is 0 Å². The van der Waals surface area contributed by atoms with Gasteiger partial charge in [0, 0.05) is 15.0 Å². The van der Waals surface area contributed by atoms with E-state index in [1.54, 1.807) is 11.8 Å². The standard InChI is InChI=1S/C11H16S2/c1-8(2)13-11-6-5-10(12-4)7-9(11)3/h5-8H,1-4H3. The molecule has 1 aromatic carbocycles. The number of rotatable bonds is 3. The summed E-state index contributed by atoms with van der Waals surface area (Å²) in [6, 6.07) is 6.68. The predicted molar refractivity (Wildman–Crippen MR) is 64.0 cm³/mol. The van der Waals surface area contributed by atoms with Crippen molar-refractivity contribution >= 4 is 23.5 Å². The van der Waals surface area contributed by atoms with Crippen LogP contribution >= 0.6 is 23.5 Å². The summed E-state index contributed by atoms with van der Waals surface area (Å²) in [6.07, 6.45) is 2.12. The molecule has 1 aromatic rings. The van der Waals surface area contributed by atoms with Gasteiger partial charge in [-0.1, -0.05) is 13.8 Å². The lowest BCUT2D eigenvalue weighted by Crippen LogP contribution is -1.88. The molecule has 0 amide bonds. The van der Waals surface area contributed by atoms with Crippen molar-refractivity contribution in [3.05, 3.63) is 23.8 Å². The third-order valence-corrected chi connectivity index (χ3v) is 3.65. The Balaban J connectivity index is 2.85. The molecule has 0 nitrogen and oxygen atoms in total. The zero-order chi connectivity index (χ0) is 9.84. The first-order valence-electron chi connectivity index (χ1n) is 4.44. The van der Waals surface area contributed by atoms with E-state index in [4.69, 9.17) is 0 Å². The van der Waals surface area contributed by atoms with Crippen LogP contribution in [0.3, 0.4) is 0 Å². The maximum atomic E-state index is 2.26. The molecule has 0 bridgehead atoms. The van der Waals surface area contributed by atoms with Crippen LogP contribution in [0.4, 0.5) is 0 Å². The highest BCUT2D eigenvalue weighted by molar-refractivity contribution is 8.00. The zero-order valence-corrected chi connectivity index (χ0v) is 10.3. The maximum absolute atomic E-state index is 2.26. The minimum absolute atomic E-state index is 0.666. The Morgan fingerprint density at radius 3 is 2.38 bits per heavy atom. The van der Waals surface area contributed by atoms with Gasteiger partial charge in [-0.2, -0.15) is 0 Å². The lowest BCUT2D eigenvalue weighted by Gasteiger charge is -2.09. The summed E-state index contributed by atoms with van der Waals surface area (Å²) < 4.78 is 0. The molecule has 72 valence electrons. The highest BCUT2D eigenvalue weighted by Crippen LogP contribution is 2.28. The predicted octanol–water partition coefficient (Wildman–Crippen LogP) is 4.22. The maximum Gasteiger partial charge on any atom is 0.0105 e. The molecule has 0 atom stereocenters. The summed E-state index contributed by atoms with van der Waals surface area (Å²) in [6.45, 7) is 6.64. The van der Waals surface area contributed by atoms with Crippen LogP contribution in [0, 0.1) is 6.92 Å². The number of thioether (sulfide) groups is 2. The van der Waals surface area contributed by atoms with Gasteiger partial charge < -0.3 is 0 Å². The van der Waals surface area contributed by atoms with Crippen LogP contribution < -0.4 is 0 Å². The third kappa shape index (κ3) is 3.28. The first-order chi connectivity index (χ1) is 6.13. The van der Waals surface area contributed by atoms with E-state index in [0.717, 1.165) is 0 Å². The van der Waals surface area contributed by atoms with Crippen LogP contribution in [0.15, 0.2) is 28.0 Å². The lowest BCUT2D eigenvalue weighted by molar-refractivity contribution is 1.10. The van der Waals surface area contributed by atoms with Gasteiger partial charge in [0.2, 0.25) is 0 Å². The average molecular weight is 212 g/mol. The van der Waals surface area contributed by atoms with Crippen LogP contribution in [-0.2, 0) is 0 Å². The smallest absolute Gasteiger partial charge is 0.0105 e. The van der Waals surface area contributed by atoms with E-state index in [2.05, 4.69) is 45.2 Å². The Kier molecular flexibility index (Phi) is 4.20. The van der Waals surface area contributed by atoms with Gasteiger partial charge in [0.15, 0.2) is 0 Å². The molecule has 0 heterocycles. The van der Waals surface area contributed by atoms with Crippen molar-refractivity contribution in [3.8, 4) is 0 Å². The first-order valence-corrected chi connectivity index (χ1v) is 6.55. The number of hydrogen-bond acceptors (Lipinski definition) is 2. The van der Waals surface area contributed by atoms with Crippen molar-refractivity contribution < 1.29 is 0 Å². The fourth-order valence-electron chi connectivity index (χ4n) is 1.14. The number of benzene rings is 1. The quantitative estimate of drug-likeness (QED) is 0.688. The first kappa shape index (κ1) is 11.0. The SMILES string of the molecule is CSc1ccc(SC(C)C)c(C)c1. The van der Waals surface area contributed by atoms with E-state index in [-0.39, 0.29) is 0 Å². The summed E-state index contributed by atoms with van der Waals surface area (Å²) in [7, 11) is 0. The van der Waals surface area contributed by atoms with Crippen molar-refractivity contribution in [2.45, 2.75) is 35.8 Å². The lowest BCUT2D eigenvalue weighted by atomic mass is 10.2. The van der Waals surface area contributed by atoms with Crippen LogP contribution in [0.25, 0.3) is 0 Å². The highest BCUT2D eigenvalue weighted by atomic mass is 32.2. The van der Waals surface area contributed by atoms with Gasteiger partial charge >= 0.3 is 0 Å². The summed E-state index contributed by atoms with van der Waals surface area (Å²) >= 11 is 3.74. The van der Waals surface area contributed by atoms with Crippen molar-refractivity contribution in [2.75, 3.05) is 6.26 Å². The molecular weight excluding hydrogens is 196 g/mol. The second kappa shape index (κ2) is 4.97.